The van der Waals surface area contributed by atoms with Gasteiger partial charge in [0.1, 0.15) is 18.0 Å². The molecule has 0 N–H and O–H groups in total. The highest BCUT2D eigenvalue weighted by Crippen LogP contribution is 2.30. The molecule has 0 aromatic carbocycles. The maximum absolute atomic E-state index is 11.9. The molecule has 0 aliphatic carbocycles. The number of carbonyl (C=O) groups excluding carboxylic acids is 1. The van der Waals surface area contributed by atoms with Crippen LogP contribution in [-0.2, 0) is 23.2 Å². The summed E-state index contributed by atoms with van der Waals surface area (Å²) in [6.45, 7) is 6.35. The molecule has 1 aliphatic heterocycles. The molecular weight excluding hydrogens is 547 g/mol. The summed E-state index contributed by atoms with van der Waals surface area (Å²) in [7, 11) is 1.84. The molecule has 0 amide bonds. The third-order valence-corrected chi connectivity index (χ3v) is 6.59. The molecule has 1 atom stereocenters. The fourth-order valence-corrected chi connectivity index (χ4v) is 4.70. The normalized spacial score (nSPS) is 15.9. The van der Waals surface area contributed by atoms with E-state index in [0.717, 1.165) is 52.3 Å². The van der Waals surface area contributed by atoms with E-state index in [1.807, 2.05) is 39.1 Å². The molecule has 9 nitrogen and oxygen atoms in total. The molecule has 0 saturated carbocycles. The summed E-state index contributed by atoms with van der Waals surface area (Å²) in [5.41, 5.74) is 4.28. The van der Waals surface area contributed by atoms with Gasteiger partial charge in [-0.1, -0.05) is 5.21 Å². The van der Waals surface area contributed by atoms with Crippen molar-refractivity contribution in [1.82, 2.24) is 25.0 Å². The minimum Gasteiger partial charge on any atom is -0.471 e. The van der Waals surface area contributed by atoms with Crippen LogP contribution in [0.5, 0.6) is 5.88 Å². The summed E-state index contributed by atoms with van der Waals surface area (Å²) in [4.78, 5) is 23.4. The topological polar surface area (TPSA) is 95.3 Å². The largest absolute Gasteiger partial charge is 0.471 e. The predicted molar refractivity (Wildman–Crippen MR) is 136 cm³/mol. The second kappa shape index (κ2) is 11.1. The number of aryl methyl sites for hydroxylation is 2. The molecule has 0 unspecified atom stereocenters. The van der Waals surface area contributed by atoms with Gasteiger partial charge in [0, 0.05) is 36.0 Å². The van der Waals surface area contributed by atoms with E-state index < -0.39 is 0 Å². The molecule has 34 heavy (non-hydrogen) atoms. The van der Waals surface area contributed by atoms with Gasteiger partial charge < -0.3 is 14.4 Å². The maximum Gasteiger partial charge on any atom is 0.306 e. The van der Waals surface area contributed by atoms with E-state index in [-0.39, 0.29) is 12.6 Å². The number of esters is 1. The molecule has 1 saturated heterocycles. The maximum atomic E-state index is 11.9. The monoisotopic (exact) mass is 576 g/mol. The zero-order valence-electron chi connectivity index (χ0n) is 19.7. The Hall–Kier alpha value is -2.76. The Morgan fingerprint density at radius 3 is 2.91 bits per heavy atom. The Morgan fingerprint density at radius 2 is 2.15 bits per heavy atom. The molecule has 10 heteroatoms. The van der Waals surface area contributed by atoms with Gasteiger partial charge in [-0.05, 0) is 73.4 Å². The Kier molecular flexibility index (Phi) is 7.96. The summed E-state index contributed by atoms with van der Waals surface area (Å²) < 4.78 is 13.8. The van der Waals surface area contributed by atoms with Gasteiger partial charge in [-0.25, -0.2) is 14.6 Å². The molecule has 180 valence electrons. The van der Waals surface area contributed by atoms with Crippen LogP contribution in [0.2, 0.25) is 0 Å². The molecule has 0 bridgehead atoms. The van der Waals surface area contributed by atoms with Crippen molar-refractivity contribution in [3.05, 3.63) is 45.4 Å². The molecule has 1 fully saturated rings. The van der Waals surface area contributed by atoms with Crippen LogP contribution < -0.4 is 9.64 Å². The number of pyridine rings is 2. The Morgan fingerprint density at radius 1 is 1.29 bits per heavy atom. The summed E-state index contributed by atoms with van der Waals surface area (Å²) in [5, 5.41) is 8.53. The van der Waals surface area contributed by atoms with Crippen LogP contribution in [0, 0.1) is 16.4 Å². The van der Waals surface area contributed by atoms with Gasteiger partial charge in [-0.3, -0.25) is 4.79 Å². The summed E-state index contributed by atoms with van der Waals surface area (Å²) in [5.74, 6) is 0.739. The zero-order chi connectivity index (χ0) is 24.1. The predicted octanol–water partition coefficient (Wildman–Crippen LogP) is 3.93. The van der Waals surface area contributed by atoms with Crippen molar-refractivity contribution in [2.24, 2.45) is 13.0 Å². The van der Waals surface area contributed by atoms with Crippen LogP contribution in [0.4, 0.5) is 5.69 Å². The van der Waals surface area contributed by atoms with E-state index in [0.29, 0.717) is 30.5 Å². The van der Waals surface area contributed by atoms with Gasteiger partial charge in [-0.15, -0.1) is 5.10 Å². The first-order chi connectivity index (χ1) is 16.4. The lowest BCUT2D eigenvalue weighted by molar-refractivity contribution is -0.144. The second-order valence-corrected chi connectivity index (χ2v) is 9.62. The van der Waals surface area contributed by atoms with Crippen LogP contribution in [0.25, 0.3) is 11.4 Å². The van der Waals surface area contributed by atoms with Gasteiger partial charge in [0.05, 0.1) is 30.1 Å². The Balaban J connectivity index is 1.49. The number of anilines is 1. The molecule has 1 aliphatic rings. The summed E-state index contributed by atoms with van der Waals surface area (Å²) in [6.07, 6.45) is 4.27. The van der Waals surface area contributed by atoms with Crippen molar-refractivity contribution in [3.8, 4) is 17.3 Å². The first-order valence-corrected chi connectivity index (χ1v) is 12.5. The van der Waals surface area contributed by atoms with Crippen molar-refractivity contribution in [1.29, 1.82) is 0 Å². The molecule has 0 spiro atoms. The number of carbonyl (C=O) groups is 1. The number of nitrogens with zero attached hydrogens (tertiary/aromatic N) is 6. The lowest BCUT2D eigenvalue weighted by atomic mass is 9.94. The lowest BCUT2D eigenvalue weighted by Crippen LogP contribution is -2.37. The molecular formula is C24H29IN6O3. The number of ether oxygens (including phenoxy) is 2. The number of hydrogen-bond acceptors (Lipinski definition) is 8. The Labute approximate surface area is 213 Å². The van der Waals surface area contributed by atoms with E-state index >= 15 is 0 Å². The van der Waals surface area contributed by atoms with Gasteiger partial charge in [0.2, 0.25) is 5.88 Å². The SMILES string of the molecule is CCOC(=O)C[C@H]1CCCN(c2ccc(-c3nnn(C)c3COc3cc(I)ccn3)nc2C)C1. The fourth-order valence-electron chi connectivity index (χ4n) is 4.27. The summed E-state index contributed by atoms with van der Waals surface area (Å²) in [6, 6.07) is 7.87. The lowest BCUT2D eigenvalue weighted by Gasteiger charge is -2.34. The number of rotatable bonds is 8. The molecule has 4 rings (SSSR count). The van der Waals surface area contributed by atoms with E-state index in [1.165, 1.54) is 0 Å². The van der Waals surface area contributed by atoms with Gasteiger partial charge in [-0.2, -0.15) is 0 Å². The minimum absolute atomic E-state index is 0.114. The standard InChI is InChI=1S/C24H29IN6O3/c1-4-33-23(32)12-17-6-5-11-31(14-17)20-8-7-19(27-16(20)2)24-21(30(3)29-28-24)15-34-22-13-18(25)9-10-26-22/h7-10,13,17H,4-6,11-12,14-15H2,1-3H3/t17-/m1/s1. The highest BCUT2D eigenvalue weighted by molar-refractivity contribution is 14.1. The first kappa shape index (κ1) is 24.4. The molecule has 3 aromatic rings. The van der Waals surface area contributed by atoms with Crippen LogP contribution in [-0.4, -0.2) is 50.6 Å². The molecule has 3 aromatic heterocycles. The van der Waals surface area contributed by atoms with Crippen LogP contribution in [0.3, 0.4) is 0 Å². The van der Waals surface area contributed by atoms with Crippen LogP contribution in [0.1, 0.15) is 37.6 Å². The first-order valence-electron chi connectivity index (χ1n) is 11.5. The molecule has 4 heterocycles. The van der Waals surface area contributed by atoms with Crippen molar-refractivity contribution in [2.45, 2.75) is 39.7 Å². The van der Waals surface area contributed by atoms with Gasteiger partial charge in [0.25, 0.3) is 0 Å². The van der Waals surface area contributed by atoms with E-state index in [2.05, 4.69) is 48.9 Å². The highest BCUT2D eigenvalue weighted by Gasteiger charge is 2.25. The third-order valence-electron chi connectivity index (χ3n) is 5.92. The van der Waals surface area contributed by atoms with Crippen molar-refractivity contribution < 1.29 is 14.3 Å². The van der Waals surface area contributed by atoms with E-state index in [4.69, 9.17) is 14.5 Å². The number of hydrogen-bond donors (Lipinski definition) is 0. The average molecular weight is 576 g/mol. The smallest absolute Gasteiger partial charge is 0.306 e. The molecule has 0 radical (unpaired) electrons. The fraction of sp³-hybridized carbons (Fsp3) is 0.458. The van der Waals surface area contributed by atoms with Crippen molar-refractivity contribution in [3.63, 3.8) is 0 Å². The van der Waals surface area contributed by atoms with Crippen LogP contribution in [0.15, 0.2) is 30.5 Å². The highest BCUT2D eigenvalue weighted by atomic mass is 127. The van der Waals surface area contributed by atoms with Crippen molar-refractivity contribution >= 4 is 34.2 Å². The van der Waals surface area contributed by atoms with Crippen molar-refractivity contribution in [2.75, 3.05) is 24.6 Å². The Bertz CT molecular complexity index is 1150. The van der Waals surface area contributed by atoms with E-state index in [1.54, 1.807) is 10.9 Å². The number of halogens is 1. The van der Waals surface area contributed by atoms with Crippen LogP contribution >= 0.6 is 22.6 Å². The zero-order valence-corrected chi connectivity index (χ0v) is 21.9. The van der Waals surface area contributed by atoms with Gasteiger partial charge in [0.15, 0.2) is 0 Å². The minimum atomic E-state index is -0.114. The quantitative estimate of drug-likeness (QED) is 0.294. The van der Waals surface area contributed by atoms with E-state index in [9.17, 15) is 4.79 Å². The third kappa shape index (κ3) is 5.83. The second-order valence-electron chi connectivity index (χ2n) is 8.37. The number of aromatic nitrogens is 5. The summed E-state index contributed by atoms with van der Waals surface area (Å²) >= 11 is 2.23. The number of piperidine rings is 1. The average Bonchev–Trinajstić information content (AvgIpc) is 3.18. The van der Waals surface area contributed by atoms with Gasteiger partial charge >= 0.3 is 5.97 Å².